The Morgan fingerprint density at radius 3 is 2.63 bits per heavy atom. The zero-order chi connectivity index (χ0) is 21.3. The van der Waals surface area contributed by atoms with Gasteiger partial charge in [0.1, 0.15) is 11.9 Å². The highest BCUT2D eigenvalue weighted by molar-refractivity contribution is 6.35. The van der Waals surface area contributed by atoms with Gasteiger partial charge in [0.15, 0.2) is 12.4 Å². The molecule has 1 saturated heterocycles. The van der Waals surface area contributed by atoms with Crippen molar-refractivity contribution < 1.29 is 14.3 Å². The number of anilines is 1. The molecule has 1 fully saturated rings. The van der Waals surface area contributed by atoms with Crippen LogP contribution < -0.4 is 5.73 Å². The molecule has 1 aliphatic heterocycles. The van der Waals surface area contributed by atoms with E-state index in [-0.39, 0.29) is 12.5 Å². The summed E-state index contributed by atoms with van der Waals surface area (Å²) in [5, 5.41) is 1.45. The summed E-state index contributed by atoms with van der Waals surface area (Å²) in [4.78, 5) is 35.6. The van der Waals surface area contributed by atoms with Crippen molar-refractivity contribution in [3.05, 3.63) is 63.9 Å². The topological polar surface area (TPSA) is 98.4 Å². The molecule has 2 N–H and O–H groups in total. The fourth-order valence-electron chi connectivity index (χ4n) is 3.55. The third kappa shape index (κ3) is 4.17. The average Bonchev–Trinajstić information content (AvgIpc) is 3.21. The number of hydrogen-bond acceptors (Lipinski definition) is 6. The van der Waals surface area contributed by atoms with Gasteiger partial charge in [-0.2, -0.15) is 0 Å². The number of amides is 1. The number of aromatic nitrogens is 2. The van der Waals surface area contributed by atoms with E-state index in [4.69, 9.17) is 33.7 Å². The molecule has 1 unspecified atom stereocenters. The lowest BCUT2D eigenvalue weighted by Crippen LogP contribution is -2.41. The Bertz CT molecular complexity index is 1120. The molecule has 9 heteroatoms. The van der Waals surface area contributed by atoms with E-state index in [1.54, 1.807) is 6.07 Å². The molecule has 0 saturated carbocycles. The minimum atomic E-state index is -0.687. The molecule has 30 heavy (non-hydrogen) atoms. The lowest BCUT2D eigenvalue weighted by Gasteiger charge is -2.23. The number of halogens is 2. The number of nitrogens with two attached hydrogens (primary N) is 1. The Kier molecular flexibility index (Phi) is 5.74. The molecule has 154 valence electrons. The van der Waals surface area contributed by atoms with Crippen LogP contribution in [0.25, 0.3) is 10.9 Å². The Balaban J connectivity index is 1.47. The van der Waals surface area contributed by atoms with Gasteiger partial charge < -0.3 is 15.4 Å². The van der Waals surface area contributed by atoms with Crippen molar-refractivity contribution in [1.82, 2.24) is 14.9 Å². The van der Waals surface area contributed by atoms with Gasteiger partial charge in [0.05, 0.1) is 5.52 Å². The van der Waals surface area contributed by atoms with Crippen LogP contribution in [-0.4, -0.2) is 39.3 Å². The van der Waals surface area contributed by atoms with Gasteiger partial charge in [-0.3, -0.25) is 4.79 Å². The monoisotopic (exact) mass is 444 g/mol. The zero-order valence-electron chi connectivity index (χ0n) is 15.8. The summed E-state index contributed by atoms with van der Waals surface area (Å²) < 4.78 is 5.41. The van der Waals surface area contributed by atoms with Crippen LogP contribution in [-0.2, 0) is 16.1 Å². The van der Waals surface area contributed by atoms with E-state index >= 15 is 0 Å². The first-order valence-corrected chi connectivity index (χ1v) is 10.1. The molecule has 1 amide bonds. The first-order valence-electron chi connectivity index (χ1n) is 9.37. The Labute approximate surface area is 182 Å². The fourth-order valence-corrected chi connectivity index (χ4v) is 4.07. The standard InChI is InChI=1S/C21H18Cl2N4O3/c22-13-8-12(9-14(23)10-13)20(28)27-7-3-6-17(27)21(29)30-11-18-25-16-5-2-1-4-15(16)19(24)26-18/h1-2,4-5,8-10,17H,3,6-7,11H2,(H2,24,25,26). The van der Waals surface area contributed by atoms with Crippen LogP contribution in [0.15, 0.2) is 42.5 Å². The maximum Gasteiger partial charge on any atom is 0.329 e. The number of carbonyl (C=O) groups excluding carboxylic acids is 2. The smallest absolute Gasteiger partial charge is 0.329 e. The van der Waals surface area contributed by atoms with Crippen molar-refractivity contribution in [3.63, 3.8) is 0 Å². The third-order valence-electron chi connectivity index (χ3n) is 4.92. The minimum Gasteiger partial charge on any atom is -0.456 e. The average molecular weight is 445 g/mol. The molecule has 1 aromatic heterocycles. The van der Waals surface area contributed by atoms with E-state index in [1.807, 2.05) is 24.3 Å². The molecule has 1 aliphatic rings. The van der Waals surface area contributed by atoms with E-state index in [2.05, 4.69) is 9.97 Å². The summed E-state index contributed by atoms with van der Waals surface area (Å²) in [5.74, 6) is -0.200. The number of likely N-dealkylation sites (tertiary alicyclic amines) is 1. The number of rotatable bonds is 4. The molecule has 7 nitrogen and oxygen atoms in total. The number of nitrogen functional groups attached to an aromatic ring is 1. The van der Waals surface area contributed by atoms with E-state index in [1.165, 1.54) is 17.0 Å². The number of fused-ring (bicyclic) bond motifs is 1. The molecular formula is C21H18Cl2N4O3. The van der Waals surface area contributed by atoms with E-state index in [0.717, 1.165) is 5.39 Å². The number of ether oxygens (including phenoxy) is 1. The molecule has 3 aromatic rings. The SMILES string of the molecule is Nc1nc(COC(=O)C2CCCN2C(=O)c2cc(Cl)cc(Cl)c2)nc2ccccc12. The van der Waals surface area contributed by atoms with Crippen molar-refractivity contribution in [3.8, 4) is 0 Å². The van der Waals surface area contributed by atoms with Gasteiger partial charge in [0.25, 0.3) is 5.91 Å². The number of benzene rings is 2. The fraction of sp³-hybridized carbons (Fsp3) is 0.238. The highest BCUT2D eigenvalue weighted by atomic mass is 35.5. The van der Waals surface area contributed by atoms with Crippen molar-refractivity contribution in [2.24, 2.45) is 0 Å². The van der Waals surface area contributed by atoms with E-state index < -0.39 is 12.0 Å². The Hall–Kier alpha value is -2.90. The van der Waals surface area contributed by atoms with Gasteiger partial charge in [0, 0.05) is 27.5 Å². The second-order valence-corrected chi connectivity index (χ2v) is 7.84. The second-order valence-electron chi connectivity index (χ2n) is 6.96. The molecule has 4 rings (SSSR count). The predicted octanol–water partition coefficient (Wildman–Crippen LogP) is 3.87. The van der Waals surface area contributed by atoms with Gasteiger partial charge in [-0.1, -0.05) is 35.3 Å². The van der Waals surface area contributed by atoms with Crippen molar-refractivity contribution in [1.29, 1.82) is 0 Å². The summed E-state index contributed by atoms with van der Waals surface area (Å²) >= 11 is 12.0. The molecule has 0 bridgehead atoms. The summed E-state index contributed by atoms with van der Waals surface area (Å²) in [6.07, 6.45) is 1.21. The van der Waals surface area contributed by atoms with Gasteiger partial charge in [-0.15, -0.1) is 0 Å². The molecular weight excluding hydrogens is 427 g/mol. The summed E-state index contributed by atoms with van der Waals surface area (Å²) in [6.45, 7) is 0.317. The largest absolute Gasteiger partial charge is 0.456 e. The lowest BCUT2D eigenvalue weighted by molar-refractivity contribution is -0.149. The van der Waals surface area contributed by atoms with Crippen molar-refractivity contribution in [2.45, 2.75) is 25.5 Å². The zero-order valence-corrected chi connectivity index (χ0v) is 17.4. The highest BCUT2D eigenvalue weighted by Gasteiger charge is 2.36. The van der Waals surface area contributed by atoms with E-state index in [9.17, 15) is 9.59 Å². The van der Waals surface area contributed by atoms with Crippen LogP contribution in [0.2, 0.25) is 10.0 Å². The summed E-state index contributed by atoms with van der Waals surface area (Å²) in [6, 6.07) is 11.2. The lowest BCUT2D eigenvalue weighted by atomic mass is 10.1. The van der Waals surface area contributed by atoms with E-state index in [0.29, 0.717) is 52.2 Å². The van der Waals surface area contributed by atoms with Crippen LogP contribution in [0, 0.1) is 0 Å². The van der Waals surface area contributed by atoms with Crippen molar-refractivity contribution in [2.75, 3.05) is 12.3 Å². The van der Waals surface area contributed by atoms with Crippen LogP contribution >= 0.6 is 23.2 Å². The van der Waals surface area contributed by atoms with Crippen LogP contribution in [0.3, 0.4) is 0 Å². The summed E-state index contributed by atoms with van der Waals surface area (Å²) in [5.41, 5.74) is 6.97. The van der Waals surface area contributed by atoms with Gasteiger partial charge >= 0.3 is 5.97 Å². The van der Waals surface area contributed by atoms with Gasteiger partial charge in [0.2, 0.25) is 0 Å². The second kappa shape index (κ2) is 8.45. The van der Waals surface area contributed by atoms with Crippen molar-refractivity contribution >= 4 is 51.8 Å². The maximum absolute atomic E-state index is 12.9. The first kappa shape index (κ1) is 20.4. The number of para-hydroxylation sites is 1. The first-order chi connectivity index (χ1) is 14.4. The van der Waals surface area contributed by atoms with Gasteiger partial charge in [-0.25, -0.2) is 14.8 Å². The third-order valence-corrected chi connectivity index (χ3v) is 5.35. The highest BCUT2D eigenvalue weighted by Crippen LogP contribution is 2.25. The normalized spacial score (nSPS) is 16.1. The predicted molar refractivity (Wildman–Crippen MR) is 114 cm³/mol. The molecule has 0 spiro atoms. The quantitative estimate of drug-likeness (QED) is 0.613. The Morgan fingerprint density at radius 1 is 1.13 bits per heavy atom. The number of esters is 1. The van der Waals surface area contributed by atoms with Gasteiger partial charge in [-0.05, 0) is 43.2 Å². The Morgan fingerprint density at radius 2 is 1.87 bits per heavy atom. The molecule has 1 atom stereocenters. The minimum absolute atomic E-state index is 0.130. The number of nitrogens with zero attached hydrogens (tertiary/aromatic N) is 3. The molecule has 0 aliphatic carbocycles. The maximum atomic E-state index is 12.9. The molecule has 2 heterocycles. The van der Waals surface area contributed by atoms with Crippen LogP contribution in [0.1, 0.15) is 29.0 Å². The number of carbonyl (C=O) groups is 2. The summed E-state index contributed by atoms with van der Waals surface area (Å²) in [7, 11) is 0. The number of hydrogen-bond donors (Lipinski definition) is 1. The molecule has 2 aromatic carbocycles. The van der Waals surface area contributed by atoms with Crippen LogP contribution in [0.4, 0.5) is 5.82 Å². The molecule has 0 radical (unpaired) electrons. The van der Waals surface area contributed by atoms with Crippen LogP contribution in [0.5, 0.6) is 0 Å².